The zero-order valence-electron chi connectivity index (χ0n) is 12.0. The van der Waals surface area contributed by atoms with Crippen molar-refractivity contribution in [2.45, 2.75) is 31.3 Å². The van der Waals surface area contributed by atoms with Crippen LogP contribution in [0.1, 0.15) is 24.1 Å². The van der Waals surface area contributed by atoms with Crippen molar-refractivity contribution in [1.29, 1.82) is 0 Å². The predicted octanol–water partition coefficient (Wildman–Crippen LogP) is 4.52. The van der Waals surface area contributed by atoms with Gasteiger partial charge < -0.3 is 10.1 Å². The zero-order valence-corrected chi connectivity index (χ0v) is 13.6. The Morgan fingerprint density at radius 3 is 2.57 bits per heavy atom. The van der Waals surface area contributed by atoms with Gasteiger partial charge in [0.25, 0.3) is 0 Å². The number of pyridine rings is 1. The Morgan fingerprint density at radius 1 is 1.22 bits per heavy atom. The maximum Gasteiger partial charge on any atom is 0.573 e. The Balaban J connectivity index is 1.66. The lowest BCUT2D eigenvalue weighted by Gasteiger charge is -2.17. The van der Waals surface area contributed by atoms with Crippen LogP contribution in [0.25, 0.3) is 0 Å². The highest BCUT2D eigenvalue weighted by Crippen LogP contribution is 2.44. The quantitative estimate of drug-likeness (QED) is 0.819. The van der Waals surface area contributed by atoms with Gasteiger partial charge in [0, 0.05) is 12.7 Å². The van der Waals surface area contributed by atoms with Crippen molar-refractivity contribution in [2.24, 2.45) is 0 Å². The highest BCUT2D eigenvalue weighted by molar-refractivity contribution is 9.10. The molecule has 1 aromatic carbocycles. The summed E-state index contributed by atoms with van der Waals surface area (Å²) in [5.74, 6) is -0.243. The number of halogens is 4. The van der Waals surface area contributed by atoms with Gasteiger partial charge in [-0.05, 0) is 58.6 Å². The van der Waals surface area contributed by atoms with Crippen molar-refractivity contribution in [3.05, 3.63) is 58.3 Å². The first-order chi connectivity index (χ1) is 10.9. The van der Waals surface area contributed by atoms with E-state index in [-0.39, 0.29) is 15.8 Å². The molecule has 3 rings (SSSR count). The summed E-state index contributed by atoms with van der Waals surface area (Å²) in [5, 5.41) is 3.45. The third kappa shape index (κ3) is 4.03. The molecule has 0 saturated heterocycles. The molecule has 1 aliphatic carbocycles. The summed E-state index contributed by atoms with van der Waals surface area (Å²) in [7, 11) is 0. The summed E-state index contributed by atoms with van der Waals surface area (Å²) in [5.41, 5.74) is 1.75. The molecule has 0 aliphatic heterocycles. The van der Waals surface area contributed by atoms with Gasteiger partial charge in [-0.2, -0.15) is 0 Å². The summed E-state index contributed by atoms with van der Waals surface area (Å²) in [6.45, 7) is 0.543. The van der Waals surface area contributed by atoms with Gasteiger partial charge in [0.05, 0.1) is 15.7 Å². The van der Waals surface area contributed by atoms with Crippen molar-refractivity contribution >= 4 is 15.9 Å². The van der Waals surface area contributed by atoms with Gasteiger partial charge in [-0.15, -0.1) is 13.2 Å². The third-order valence-corrected chi connectivity index (χ3v) is 4.38. The normalized spacial score (nSPS) is 16.2. The molecule has 0 unspecified atom stereocenters. The van der Waals surface area contributed by atoms with Gasteiger partial charge in [0.1, 0.15) is 5.75 Å². The van der Waals surface area contributed by atoms with E-state index in [2.05, 4.69) is 31.0 Å². The lowest BCUT2D eigenvalue weighted by molar-refractivity contribution is -0.274. The average Bonchev–Trinajstić information content (AvgIpc) is 3.29. The molecule has 2 aromatic rings. The molecule has 1 heterocycles. The number of nitrogens with zero attached hydrogens (tertiary/aromatic N) is 1. The second kappa shape index (κ2) is 6.13. The minimum absolute atomic E-state index is 0.116. The molecule has 1 aliphatic rings. The van der Waals surface area contributed by atoms with Crippen LogP contribution in [-0.2, 0) is 12.1 Å². The molecule has 0 atom stereocenters. The van der Waals surface area contributed by atoms with Gasteiger partial charge in [-0.3, -0.25) is 4.98 Å². The second-order valence-electron chi connectivity index (χ2n) is 5.46. The molecule has 1 saturated carbocycles. The number of hydrogen-bond donors (Lipinski definition) is 1. The summed E-state index contributed by atoms with van der Waals surface area (Å²) >= 11 is 3.12. The molecular weight excluding hydrogens is 373 g/mol. The van der Waals surface area contributed by atoms with E-state index in [0.717, 1.165) is 24.1 Å². The van der Waals surface area contributed by atoms with Gasteiger partial charge in [-0.25, -0.2) is 0 Å². The number of ether oxygens (including phenoxy) is 1. The SMILES string of the molecule is FC(F)(F)Oc1ccc(CNC2(c3ccccn3)CC2)cc1Br. The highest BCUT2D eigenvalue weighted by atomic mass is 79.9. The van der Waals surface area contributed by atoms with Gasteiger partial charge in [0.15, 0.2) is 0 Å². The molecular formula is C16H14BrF3N2O. The molecule has 23 heavy (non-hydrogen) atoms. The van der Waals surface area contributed by atoms with E-state index in [9.17, 15) is 13.2 Å². The first kappa shape index (κ1) is 16.3. The van der Waals surface area contributed by atoms with E-state index in [1.54, 1.807) is 18.3 Å². The highest BCUT2D eigenvalue weighted by Gasteiger charge is 2.44. The van der Waals surface area contributed by atoms with Crippen LogP contribution in [0, 0.1) is 0 Å². The zero-order chi connectivity index (χ0) is 16.5. The van der Waals surface area contributed by atoms with Crippen molar-refractivity contribution in [1.82, 2.24) is 10.3 Å². The number of rotatable bonds is 5. The maximum atomic E-state index is 12.3. The predicted molar refractivity (Wildman–Crippen MR) is 82.8 cm³/mol. The summed E-state index contributed by atoms with van der Waals surface area (Å²) < 4.78 is 41.0. The van der Waals surface area contributed by atoms with Crippen molar-refractivity contribution in [3.63, 3.8) is 0 Å². The summed E-state index contributed by atoms with van der Waals surface area (Å²) in [4.78, 5) is 4.38. The summed E-state index contributed by atoms with van der Waals surface area (Å²) in [6, 6.07) is 10.4. The first-order valence-corrected chi connectivity index (χ1v) is 7.88. The number of alkyl halides is 3. The van der Waals surface area contributed by atoms with Gasteiger partial charge >= 0.3 is 6.36 Å². The molecule has 0 radical (unpaired) electrons. The fraction of sp³-hybridized carbons (Fsp3) is 0.312. The van der Waals surface area contributed by atoms with Crippen LogP contribution < -0.4 is 10.1 Å². The van der Waals surface area contributed by atoms with E-state index in [1.807, 2.05) is 18.2 Å². The Bertz CT molecular complexity index is 687. The molecule has 0 amide bonds. The fourth-order valence-electron chi connectivity index (χ4n) is 2.43. The Morgan fingerprint density at radius 2 is 2.00 bits per heavy atom. The first-order valence-electron chi connectivity index (χ1n) is 7.09. The lowest BCUT2D eigenvalue weighted by atomic mass is 10.1. The summed E-state index contributed by atoms with van der Waals surface area (Å²) in [6.07, 6.45) is -0.933. The van der Waals surface area contributed by atoms with E-state index in [1.165, 1.54) is 6.07 Å². The minimum atomic E-state index is -4.70. The lowest BCUT2D eigenvalue weighted by Crippen LogP contribution is -2.29. The standard InChI is InChI=1S/C16H14BrF3N2O/c17-12-9-11(4-5-13(12)23-16(18,19)20)10-22-15(6-7-15)14-3-1-2-8-21-14/h1-5,8-9,22H,6-7,10H2. The second-order valence-corrected chi connectivity index (χ2v) is 6.32. The van der Waals surface area contributed by atoms with Crippen LogP contribution in [-0.4, -0.2) is 11.3 Å². The number of benzene rings is 1. The minimum Gasteiger partial charge on any atom is -0.405 e. The van der Waals surface area contributed by atoms with Crippen LogP contribution in [0.2, 0.25) is 0 Å². The van der Waals surface area contributed by atoms with Crippen molar-refractivity contribution in [2.75, 3.05) is 0 Å². The number of hydrogen-bond acceptors (Lipinski definition) is 3. The van der Waals surface area contributed by atoms with Crippen LogP contribution in [0.3, 0.4) is 0 Å². The molecule has 1 fully saturated rings. The molecule has 122 valence electrons. The largest absolute Gasteiger partial charge is 0.573 e. The number of aromatic nitrogens is 1. The van der Waals surface area contributed by atoms with E-state index < -0.39 is 6.36 Å². The van der Waals surface area contributed by atoms with Crippen LogP contribution >= 0.6 is 15.9 Å². The van der Waals surface area contributed by atoms with E-state index >= 15 is 0 Å². The molecule has 3 nitrogen and oxygen atoms in total. The Labute approximate surface area is 140 Å². The van der Waals surface area contributed by atoms with E-state index in [4.69, 9.17) is 0 Å². The van der Waals surface area contributed by atoms with Crippen LogP contribution in [0.5, 0.6) is 5.75 Å². The van der Waals surface area contributed by atoms with Gasteiger partial charge in [-0.1, -0.05) is 12.1 Å². The van der Waals surface area contributed by atoms with E-state index in [0.29, 0.717) is 6.54 Å². The Kier molecular flexibility index (Phi) is 4.33. The number of nitrogens with one attached hydrogen (secondary N) is 1. The topological polar surface area (TPSA) is 34.1 Å². The van der Waals surface area contributed by atoms with Crippen molar-refractivity contribution < 1.29 is 17.9 Å². The van der Waals surface area contributed by atoms with Gasteiger partial charge in [0.2, 0.25) is 0 Å². The molecule has 1 N–H and O–H groups in total. The molecule has 0 spiro atoms. The maximum absolute atomic E-state index is 12.3. The molecule has 0 bridgehead atoms. The van der Waals surface area contributed by atoms with Crippen LogP contribution in [0.4, 0.5) is 13.2 Å². The smallest absolute Gasteiger partial charge is 0.405 e. The Hall–Kier alpha value is -1.60. The fourth-order valence-corrected chi connectivity index (χ4v) is 2.93. The average molecular weight is 387 g/mol. The van der Waals surface area contributed by atoms with Crippen molar-refractivity contribution in [3.8, 4) is 5.75 Å². The molecule has 7 heteroatoms. The van der Waals surface area contributed by atoms with Crippen LogP contribution in [0.15, 0.2) is 47.1 Å². The third-order valence-electron chi connectivity index (χ3n) is 3.76. The monoisotopic (exact) mass is 386 g/mol. The molecule has 1 aromatic heterocycles.